The molecule has 1 nitrogen and oxygen atoms in total. The van der Waals surface area contributed by atoms with E-state index in [-0.39, 0.29) is 5.24 Å². The molecule has 0 saturated carbocycles. The minimum absolute atomic E-state index is 0.348. The Kier molecular flexibility index (Phi) is 3.14. The van der Waals surface area contributed by atoms with Crippen LogP contribution in [0.4, 0.5) is 0 Å². The fraction of sp³-hybridized carbons (Fsp3) is 0.300. The number of benzene rings is 1. The van der Waals surface area contributed by atoms with Gasteiger partial charge < -0.3 is 0 Å². The van der Waals surface area contributed by atoms with E-state index in [9.17, 15) is 4.79 Å². The smallest absolute Gasteiger partial charge is 0.231 e. The zero-order chi connectivity index (χ0) is 10.1. The van der Waals surface area contributed by atoms with E-state index in [2.05, 4.69) is 15.9 Å². The van der Waals surface area contributed by atoms with E-state index in [1.165, 1.54) is 0 Å². The fourth-order valence-corrected chi connectivity index (χ4v) is 1.96. The minimum atomic E-state index is -0.637. The van der Waals surface area contributed by atoms with Gasteiger partial charge in [0, 0.05) is 4.47 Å². The Bertz CT molecular complexity index is 333. The lowest BCUT2D eigenvalue weighted by atomic mass is 9.86. The van der Waals surface area contributed by atoms with E-state index in [0.717, 1.165) is 10.0 Å². The highest BCUT2D eigenvalue weighted by Gasteiger charge is 2.29. The van der Waals surface area contributed by atoms with Crippen molar-refractivity contribution < 1.29 is 4.79 Å². The van der Waals surface area contributed by atoms with E-state index < -0.39 is 5.41 Å². The molecule has 0 bridgehead atoms. The summed E-state index contributed by atoms with van der Waals surface area (Å²) in [4.78, 5) is 11.2. The van der Waals surface area contributed by atoms with Gasteiger partial charge in [-0.05, 0) is 37.1 Å². The first kappa shape index (κ1) is 10.7. The largest absolute Gasteiger partial charge is 0.280 e. The molecule has 0 unspecified atom stereocenters. The van der Waals surface area contributed by atoms with Gasteiger partial charge in [-0.25, -0.2) is 0 Å². The van der Waals surface area contributed by atoms with Gasteiger partial charge in [0.05, 0.1) is 5.41 Å². The Morgan fingerprint density at radius 1 is 1.38 bits per heavy atom. The molecule has 1 aromatic carbocycles. The zero-order valence-corrected chi connectivity index (χ0v) is 9.82. The van der Waals surface area contributed by atoms with Crippen molar-refractivity contribution in [2.75, 3.05) is 0 Å². The number of hydrogen-bond acceptors (Lipinski definition) is 1. The van der Waals surface area contributed by atoms with Gasteiger partial charge >= 0.3 is 0 Å². The number of hydrogen-bond donors (Lipinski definition) is 0. The van der Waals surface area contributed by atoms with Crippen LogP contribution in [0.5, 0.6) is 0 Å². The molecule has 3 heteroatoms. The highest BCUT2D eigenvalue weighted by atomic mass is 79.9. The van der Waals surface area contributed by atoms with Crippen LogP contribution < -0.4 is 0 Å². The van der Waals surface area contributed by atoms with Crippen molar-refractivity contribution in [2.45, 2.75) is 19.3 Å². The zero-order valence-electron chi connectivity index (χ0n) is 7.47. The van der Waals surface area contributed by atoms with Gasteiger partial charge in [0.15, 0.2) is 0 Å². The van der Waals surface area contributed by atoms with E-state index in [1.54, 1.807) is 0 Å². The molecule has 0 heterocycles. The average molecular weight is 262 g/mol. The van der Waals surface area contributed by atoms with E-state index >= 15 is 0 Å². The third kappa shape index (κ3) is 2.12. The molecule has 70 valence electrons. The van der Waals surface area contributed by atoms with Crippen molar-refractivity contribution in [3.63, 3.8) is 0 Å². The maximum Gasteiger partial charge on any atom is 0.231 e. The lowest BCUT2D eigenvalue weighted by molar-refractivity contribution is -0.115. The summed E-state index contributed by atoms with van der Waals surface area (Å²) in [5.74, 6) is 0. The molecule has 0 fully saturated rings. The molecule has 0 aliphatic carbocycles. The topological polar surface area (TPSA) is 17.1 Å². The summed E-state index contributed by atoms with van der Waals surface area (Å²) < 4.78 is 0.911. The maximum atomic E-state index is 11.2. The molecule has 0 radical (unpaired) electrons. The van der Waals surface area contributed by atoms with E-state index in [0.29, 0.717) is 0 Å². The number of rotatable bonds is 2. The van der Waals surface area contributed by atoms with Crippen LogP contribution >= 0.6 is 27.5 Å². The van der Waals surface area contributed by atoms with E-state index in [4.69, 9.17) is 11.6 Å². The Balaban J connectivity index is 3.22. The van der Waals surface area contributed by atoms with Gasteiger partial charge in [0.2, 0.25) is 5.24 Å². The molecule has 0 spiro atoms. The van der Waals surface area contributed by atoms with Crippen molar-refractivity contribution in [1.29, 1.82) is 0 Å². The Morgan fingerprint density at radius 3 is 2.38 bits per heavy atom. The summed E-state index contributed by atoms with van der Waals surface area (Å²) in [5, 5.41) is -0.348. The van der Waals surface area contributed by atoms with Crippen LogP contribution in [-0.2, 0) is 10.2 Å². The molecular formula is C10H10BrClO. The van der Waals surface area contributed by atoms with Crippen LogP contribution in [0.2, 0.25) is 0 Å². The highest BCUT2D eigenvalue weighted by molar-refractivity contribution is 9.10. The Morgan fingerprint density at radius 2 is 1.92 bits per heavy atom. The Hall–Kier alpha value is -0.340. The summed E-state index contributed by atoms with van der Waals surface area (Å²) in [6.07, 6.45) is 0. The fourth-order valence-electron chi connectivity index (χ4n) is 1.07. The van der Waals surface area contributed by atoms with Crippen molar-refractivity contribution in [2.24, 2.45) is 0 Å². The lowest BCUT2D eigenvalue weighted by Crippen LogP contribution is -2.25. The first-order valence-electron chi connectivity index (χ1n) is 3.91. The SMILES string of the molecule is CC(C)(C(=O)Cl)c1ccccc1Br. The van der Waals surface area contributed by atoms with Gasteiger partial charge in [-0.3, -0.25) is 4.79 Å². The third-order valence-electron chi connectivity index (χ3n) is 2.04. The van der Waals surface area contributed by atoms with Crippen molar-refractivity contribution in [1.82, 2.24) is 0 Å². The molecule has 13 heavy (non-hydrogen) atoms. The van der Waals surface area contributed by atoms with Crippen LogP contribution in [0.25, 0.3) is 0 Å². The summed E-state index contributed by atoms with van der Waals surface area (Å²) >= 11 is 8.91. The predicted molar refractivity (Wildman–Crippen MR) is 58.0 cm³/mol. The van der Waals surface area contributed by atoms with Crippen LogP contribution in [0.1, 0.15) is 19.4 Å². The number of carbonyl (C=O) groups excluding carboxylic acids is 1. The van der Waals surface area contributed by atoms with Gasteiger partial charge in [-0.1, -0.05) is 34.1 Å². The molecule has 0 aliphatic rings. The standard InChI is InChI=1S/C10H10BrClO/c1-10(2,9(12)13)7-5-3-4-6-8(7)11/h3-6H,1-2H3. The second-order valence-corrected chi connectivity index (χ2v) is 4.58. The molecule has 0 N–H and O–H groups in total. The monoisotopic (exact) mass is 260 g/mol. The Labute approximate surface area is 91.2 Å². The molecule has 0 saturated heterocycles. The maximum absolute atomic E-state index is 11.2. The first-order chi connectivity index (χ1) is 5.96. The predicted octanol–water partition coefficient (Wildman–Crippen LogP) is 3.49. The summed E-state index contributed by atoms with van der Waals surface area (Å²) in [5.41, 5.74) is 0.275. The lowest BCUT2D eigenvalue weighted by Gasteiger charge is -2.21. The summed E-state index contributed by atoms with van der Waals surface area (Å²) in [6.45, 7) is 3.62. The molecule has 0 amide bonds. The number of halogens is 2. The van der Waals surface area contributed by atoms with Gasteiger partial charge in [-0.2, -0.15) is 0 Å². The molecule has 0 atom stereocenters. The second-order valence-electron chi connectivity index (χ2n) is 3.38. The van der Waals surface area contributed by atoms with Crippen molar-refractivity contribution in [3.8, 4) is 0 Å². The normalized spacial score (nSPS) is 11.4. The molecule has 0 aromatic heterocycles. The van der Waals surface area contributed by atoms with Crippen LogP contribution in [-0.4, -0.2) is 5.24 Å². The van der Waals surface area contributed by atoms with E-state index in [1.807, 2.05) is 38.1 Å². The van der Waals surface area contributed by atoms with Crippen LogP contribution in [0.15, 0.2) is 28.7 Å². The van der Waals surface area contributed by atoms with Crippen molar-refractivity contribution in [3.05, 3.63) is 34.3 Å². The van der Waals surface area contributed by atoms with Crippen LogP contribution in [0.3, 0.4) is 0 Å². The average Bonchev–Trinajstić information content (AvgIpc) is 2.04. The van der Waals surface area contributed by atoms with Gasteiger partial charge in [0.25, 0.3) is 0 Å². The highest BCUT2D eigenvalue weighted by Crippen LogP contribution is 2.31. The molecular weight excluding hydrogens is 251 g/mol. The third-order valence-corrected chi connectivity index (χ3v) is 3.20. The summed E-state index contributed by atoms with van der Waals surface area (Å²) in [6, 6.07) is 7.59. The summed E-state index contributed by atoms with van der Waals surface area (Å²) in [7, 11) is 0. The molecule has 1 aromatic rings. The quantitative estimate of drug-likeness (QED) is 0.745. The minimum Gasteiger partial charge on any atom is -0.280 e. The second kappa shape index (κ2) is 3.81. The molecule has 0 aliphatic heterocycles. The number of carbonyl (C=O) groups is 1. The van der Waals surface area contributed by atoms with Crippen LogP contribution in [0, 0.1) is 0 Å². The van der Waals surface area contributed by atoms with Gasteiger partial charge in [-0.15, -0.1) is 0 Å². The first-order valence-corrected chi connectivity index (χ1v) is 5.08. The van der Waals surface area contributed by atoms with Gasteiger partial charge in [0.1, 0.15) is 0 Å². The molecule has 1 rings (SSSR count). The van der Waals surface area contributed by atoms with Crippen molar-refractivity contribution >= 4 is 32.8 Å².